The summed E-state index contributed by atoms with van der Waals surface area (Å²) in [7, 11) is 0. The monoisotopic (exact) mass is 196 g/mol. The molecule has 2 rings (SSSR count). The third-order valence-electron chi connectivity index (χ3n) is 3.31. The van der Waals surface area contributed by atoms with Crippen LogP contribution >= 0.6 is 0 Å². The number of Topliss-reactive ketones (excluding diaryl/α,β-unsaturated/α-hetero) is 2. The SMILES string of the molecule is O=C(O)[C@@H]1C[C@@H]2CCC(=O)[C@@H](C1)C2=O. The highest BCUT2D eigenvalue weighted by atomic mass is 16.4. The predicted octanol–water partition coefficient (Wildman–Crippen LogP) is 0.645. The van der Waals surface area contributed by atoms with Crippen molar-refractivity contribution in [3.05, 3.63) is 0 Å². The maximum Gasteiger partial charge on any atom is 0.306 e. The molecular weight excluding hydrogens is 184 g/mol. The summed E-state index contributed by atoms with van der Waals surface area (Å²) in [5, 5.41) is 8.84. The molecular formula is C10H12O4. The molecule has 0 saturated heterocycles. The highest BCUT2D eigenvalue weighted by Crippen LogP contribution is 2.38. The largest absolute Gasteiger partial charge is 0.481 e. The van der Waals surface area contributed by atoms with Gasteiger partial charge >= 0.3 is 5.97 Å². The second-order valence-corrected chi connectivity index (χ2v) is 4.16. The quantitative estimate of drug-likeness (QED) is 0.625. The number of aliphatic carboxylic acids is 1. The van der Waals surface area contributed by atoms with Gasteiger partial charge < -0.3 is 5.11 Å². The van der Waals surface area contributed by atoms with Gasteiger partial charge in [0.05, 0.1) is 11.8 Å². The molecule has 2 fully saturated rings. The van der Waals surface area contributed by atoms with Crippen molar-refractivity contribution in [1.82, 2.24) is 0 Å². The van der Waals surface area contributed by atoms with E-state index < -0.39 is 17.8 Å². The fourth-order valence-electron chi connectivity index (χ4n) is 2.48. The van der Waals surface area contributed by atoms with Crippen LogP contribution in [0.4, 0.5) is 0 Å². The molecule has 14 heavy (non-hydrogen) atoms. The Bertz CT molecular complexity index is 307. The normalized spacial score (nSPS) is 37.0. The first-order valence-electron chi connectivity index (χ1n) is 4.89. The van der Waals surface area contributed by atoms with E-state index >= 15 is 0 Å². The number of hydrogen-bond donors (Lipinski definition) is 1. The van der Waals surface area contributed by atoms with E-state index in [4.69, 9.17) is 5.11 Å². The van der Waals surface area contributed by atoms with E-state index in [1.807, 2.05) is 0 Å². The predicted molar refractivity (Wildman–Crippen MR) is 46.6 cm³/mol. The summed E-state index contributed by atoms with van der Waals surface area (Å²) in [5.41, 5.74) is 0. The van der Waals surface area contributed by atoms with Crippen LogP contribution in [0.1, 0.15) is 25.7 Å². The van der Waals surface area contributed by atoms with Gasteiger partial charge in [0.25, 0.3) is 0 Å². The van der Waals surface area contributed by atoms with Crippen molar-refractivity contribution in [1.29, 1.82) is 0 Å². The van der Waals surface area contributed by atoms with Crippen molar-refractivity contribution < 1.29 is 19.5 Å². The van der Waals surface area contributed by atoms with E-state index in [0.717, 1.165) is 0 Å². The van der Waals surface area contributed by atoms with Crippen LogP contribution in [0.15, 0.2) is 0 Å². The van der Waals surface area contributed by atoms with Gasteiger partial charge in [-0.1, -0.05) is 0 Å². The minimum Gasteiger partial charge on any atom is -0.481 e. The lowest BCUT2D eigenvalue weighted by molar-refractivity contribution is -0.150. The fraction of sp³-hybridized carbons (Fsp3) is 0.700. The fourth-order valence-corrected chi connectivity index (χ4v) is 2.48. The van der Waals surface area contributed by atoms with Crippen LogP contribution in [0.25, 0.3) is 0 Å². The van der Waals surface area contributed by atoms with Crippen LogP contribution in [0.5, 0.6) is 0 Å². The third-order valence-corrected chi connectivity index (χ3v) is 3.31. The summed E-state index contributed by atoms with van der Waals surface area (Å²) in [6.45, 7) is 0. The number of ketones is 2. The molecule has 2 bridgehead atoms. The molecule has 0 aliphatic heterocycles. The van der Waals surface area contributed by atoms with Gasteiger partial charge in [0.1, 0.15) is 11.6 Å². The van der Waals surface area contributed by atoms with E-state index in [0.29, 0.717) is 19.3 Å². The Balaban J connectivity index is 2.20. The first-order chi connectivity index (χ1) is 6.59. The van der Waals surface area contributed by atoms with E-state index in [1.165, 1.54) is 0 Å². The summed E-state index contributed by atoms with van der Waals surface area (Å²) in [4.78, 5) is 33.7. The molecule has 3 atom stereocenters. The smallest absolute Gasteiger partial charge is 0.306 e. The lowest BCUT2D eigenvalue weighted by Gasteiger charge is -2.34. The molecule has 76 valence electrons. The molecule has 0 radical (unpaired) electrons. The summed E-state index contributed by atoms with van der Waals surface area (Å²) >= 11 is 0. The summed E-state index contributed by atoms with van der Waals surface area (Å²) < 4.78 is 0. The number of hydrogen-bond acceptors (Lipinski definition) is 3. The summed E-state index contributed by atoms with van der Waals surface area (Å²) in [5.74, 6) is -2.22. The molecule has 1 N–H and O–H groups in total. The maximum absolute atomic E-state index is 11.6. The molecule has 2 aliphatic rings. The van der Waals surface area contributed by atoms with Crippen molar-refractivity contribution in [2.45, 2.75) is 25.7 Å². The summed E-state index contributed by atoms with van der Waals surface area (Å²) in [6, 6.07) is 0. The Kier molecular flexibility index (Phi) is 2.13. The topological polar surface area (TPSA) is 71.4 Å². The zero-order valence-corrected chi connectivity index (χ0v) is 7.73. The number of carboxylic acids is 1. The Morgan fingerprint density at radius 3 is 2.64 bits per heavy atom. The van der Waals surface area contributed by atoms with Crippen molar-refractivity contribution >= 4 is 17.5 Å². The molecule has 2 aliphatic carbocycles. The molecule has 0 amide bonds. The average molecular weight is 196 g/mol. The van der Waals surface area contributed by atoms with Gasteiger partial charge in [-0.05, 0) is 19.3 Å². The zero-order valence-electron chi connectivity index (χ0n) is 7.73. The number of carbonyl (C=O) groups is 3. The highest BCUT2D eigenvalue weighted by Gasteiger charge is 2.45. The van der Waals surface area contributed by atoms with E-state index in [9.17, 15) is 14.4 Å². The molecule has 4 heteroatoms. The third kappa shape index (κ3) is 1.35. The van der Waals surface area contributed by atoms with Crippen molar-refractivity contribution in [2.24, 2.45) is 17.8 Å². The second-order valence-electron chi connectivity index (χ2n) is 4.16. The lowest BCUT2D eigenvalue weighted by Crippen LogP contribution is -2.43. The molecule has 0 unspecified atom stereocenters. The summed E-state index contributed by atoms with van der Waals surface area (Å²) in [6.07, 6.45) is 1.66. The van der Waals surface area contributed by atoms with Crippen LogP contribution in [-0.4, -0.2) is 22.6 Å². The van der Waals surface area contributed by atoms with Gasteiger partial charge in [-0.15, -0.1) is 0 Å². The Hall–Kier alpha value is -1.19. The molecule has 0 aromatic heterocycles. The maximum atomic E-state index is 11.6. The Morgan fingerprint density at radius 2 is 2.00 bits per heavy atom. The van der Waals surface area contributed by atoms with Crippen molar-refractivity contribution in [2.75, 3.05) is 0 Å². The van der Waals surface area contributed by atoms with Gasteiger partial charge in [0.15, 0.2) is 0 Å². The van der Waals surface area contributed by atoms with Crippen molar-refractivity contribution in [3.63, 3.8) is 0 Å². The van der Waals surface area contributed by atoms with Gasteiger partial charge in [0, 0.05) is 12.3 Å². The number of fused-ring (bicyclic) bond motifs is 2. The second kappa shape index (κ2) is 3.19. The number of carboxylic acid groups (broad SMARTS) is 1. The Labute approximate surface area is 81.3 Å². The van der Waals surface area contributed by atoms with Crippen LogP contribution in [0.3, 0.4) is 0 Å². The standard InChI is InChI=1S/C10H12O4/c11-8-2-1-5-3-6(10(13)14)4-7(8)9(5)12/h5-7H,1-4H2,(H,13,14)/t5-,6+,7+/m0/s1. The number of rotatable bonds is 1. The van der Waals surface area contributed by atoms with Gasteiger partial charge in [0.2, 0.25) is 0 Å². The molecule has 0 aromatic rings. The minimum absolute atomic E-state index is 0.0150. The van der Waals surface area contributed by atoms with Gasteiger partial charge in [-0.2, -0.15) is 0 Å². The molecule has 2 saturated carbocycles. The van der Waals surface area contributed by atoms with Gasteiger partial charge in [-0.3, -0.25) is 14.4 Å². The molecule has 0 aromatic carbocycles. The Morgan fingerprint density at radius 1 is 1.29 bits per heavy atom. The van der Waals surface area contributed by atoms with Crippen LogP contribution in [0.2, 0.25) is 0 Å². The molecule has 4 nitrogen and oxygen atoms in total. The first kappa shape index (κ1) is 9.37. The van der Waals surface area contributed by atoms with Crippen molar-refractivity contribution in [3.8, 4) is 0 Å². The lowest BCUT2D eigenvalue weighted by atomic mass is 9.66. The molecule has 0 heterocycles. The first-order valence-corrected chi connectivity index (χ1v) is 4.89. The molecule has 0 spiro atoms. The van der Waals surface area contributed by atoms with Crippen LogP contribution < -0.4 is 0 Å². The zero-order chi connectivity index (χ0) is 10.3. The van der Waals surface area contributed by atoms with E-state index in [1.54, 1.807) is 0 Å². The minimum atomic E-state index is -0.873. The number of carbonyl (C=O) groups excluding carboxylic acids is 2. The van der Waals surface area contributed by atoms with Gasteiger partial charge in [-0.25, -0.2) is 0 Å². The van der Waals surface area contributed by atoms with Crippen LogP contribution in [0, 0.1) is 17.8 Å². The highest BCUT2D eigenvalue weighted by molar-refractivity contribution is 6.06. The van der Waals surface area contributed by atoms with E-state index in [2.05, 4.69) is 0 Å². The van der Waals surface area contributed by atoms with E-state index in [-0.39, 0.29) is 23.9 Å². The van der Waals surface area contributed by atoms with Crippen LogP contribution in [-0.2, 0) is 14.4 Å². The average Bonchev–Trinajstić information content (AvgIpc) is 2.11.